The molecule has 3 aromatic carbocycles. The maximum atomic E-state index is 12.7. The van der Waals surface area contributed by atoms with Crippen LogP contribution in [0.3, 0.4) is 0 Å². The number of hydrogen-bond donors (Lipinski definition) is 1. The molecule has 0 aliphatic heterocycles. The first kappa shape index (κ1) is 21.6. The SMILES string of the molecule is CS(=O)(=O)N(CC(=O)NCc1ccc2ccccc2c1)c1ccc(C(F)(F)F)cc1. The Hall–Kier alpha value is -3.07. The second kappa shape index (κ2) is 8.35. The molecule has 0 radical (unpaired) electrons. The van der Waals surface area contributed by atoms with Gasteiger partial charge in [-0.3, -0.25) is 9.10 Å². The van der Waals surface area contributed by atoms with Crippen LogP contribution in [0.15, 0.2) is 66.7 Å². The zero-order valence-corrected chi connectivity index (χ0v) is 16.8. The van der Waals surface area contributed by atoms with Crippen LogP contribution in [-0.4, -0.2) is 27.1 Å². The van der Waals surface area contributed by atoms with E-state index in [4.69, 9.17) is 0 Å². The maximum absolute atomic E-state index is 12.7. The second-order valence-electron chi connectivity index (χ2n) is 6.77. The molecule has 0 saturated carbocycles. The van der Waals surface area contributed by atoms with E-state index in [0.717, 1.165) is 51.2 Å². The molecule has 5 nitrogen and oxygen atoms in total. The number of fused-ring (bicyclic) bond motifs is 1. The Morgan fingerprint density at radius 3 is 2.20 bits per heavy atom. The van der Waals surface area contributed by atoms with Crippen molar-refractivity contribution < 1.29 is 26.4 Å². The minimum Gasteiger partial charge on any atom is -0.350 e. The van der Waals surface area contributed by atoms with E-state index in [1.54, 1.807) is 0 Å². The molecular formula is C21H19F3N2O3S. The number of carbonyl (C=O) groups excluding carboxylic acids is 1. The van der Waals surface area contributed by atoms with Crippen molar-refractivity contribution >= 4 is 32.4 Å². The fraction of sp³-hybridized carbons (Fsp3) is 0.190. The summed E-state index contributed by atoms with van der Waals surface area (Å²) in [7, 11) is -3.88. The molecule has 0 atom stereocenters. The van der Waals surface area contributed by atoms with E-state index in [0.29, 0.717) is 0 Å². The number of halogens is 3. The average molecular weight is 436 g/mol. The Labute approximate surface area is 172 Å². The monoisotopic (exact) mass is 436 g/mol. The van der Waals surface area contributed by atoms with Crippen LogP contribution in [0.5, 0.6) is 0 Å². The van der Waals surface area contributed by atoms with E-state index in [1.165, 1.54) is 0 Å². The molecule has 0 fully saturated rings. The van der Waals surface area contributed by atoms with Crippen molar-refractivity contribution in [3.63, 3.8) is 0 Å². The molecule has 3 rings (SSSR count). The third-order valence-electron chi connectivity index (χ3n) is 4.47. The summed E-state index contributed by atoms with van der Waals surface area (Å²) >= 11 is 0. The summed E-state index contributed by atoms with van der Waals surface area (Å²) in [6.45, 7) is -0.355. The minimum absolute atomic E-state index is 0.0219. The molecule has 30 heavy (non-hydrogen) atoms. The number of nitrogens with one attached hydrogen (secondary N) is 1. The van der Waals surface area contributed by atoms with Gasteiger partial charge in [0.05, 0.1) is 17.5 Å². The zero-order valence-electron chi connectivity index (χ0n) is 16.0. The van der Waals surface area contributed by atoms with Crippen molar-refractivity contribution in [2.24, 2.45) is 0 Å². The normalized spacial score (nSPS) is 12.0. The van der Waals surface area contributed by atoms with Gasteiger partial charge in [0.15, 0.2) is 0 Å². The highest BCUT2D eigenvalue weighted by atomic mass is 32.2. The molecule has 0 unspecified atom stereocenters. The van der Waals surface area contributed by atoms with Crippen LogP contribution in [0.25, 0.3) is 10.8 Å². The summed E-state index contributed by atoms with van der Waals surface area (Å²) in [5.74, 6) is -0.575. The Kier molecular flexibility index (Phi) is 6.02. The fourth-order valence-electron chi connectivity index (χ4n) is 2.95. The molecule has 0 spiro atoms. The molecule has 1 amide bonds. The van der Waals surface area contributed by atoms with Crippen molar-refractivity contribution in [2.45, 2.75) is 12.7 Å². The minimum atomic E-state index is -4.54. The van der Waals surface area contributed by atoms with Crippen molar-refractivity contribution in [2.75, 3.05) is 17.1 Å². The molecule has 1 N–H and O–H groups in total. The summed E-state index contributed by atoms with van der Waals surface area (Å²) in [5.41, 5.74) is -0.0886. The Morgan fingerprint density at radius 1 is 0.967 bits per heavy atom. The van der Waals surface area contributed by atoms with Gasteiger partial charge in [0.25, 0.3) is 0 Å². The second-order valence-corrected chi connectivity index (χ2v) is 8.68. The first-order valence-electron chi connectivity index (χ1n) is 8.93. The number of nitrogens with zero attached hydrogens (tertiary/aromatic N) is 1. The molecule has 158 valence electrons. The van der Waals surface area contributed by atoms with Crippen LogP contribution in [0.2, 0.25) is 0 Å². The lowest BCUT2D eigenvalue weighted by Crippen LogP contribution is -2.40. The zero-order chi connectivity index (χ0) is 21.9. The molecule has 0 heterocycles. The van der Waals surface area contributed by atoms with E-state index in [9.17, 15) is 26.4 Å². The molecule has 0 saturated heterocycles. The van der Waals surface area contributed by atoms with E-state index in [-0.39, 0.29) is 12.2 Å². The van der Waals surface area contributed by atoms with Gasteiger partial charge in [0.2, 0.25) is 15.9 Å². The third-order valence-corrected chi connectivity index (χ3v) is 5.61. The highest BCUT2D eigenvalue weighted by molar-refractivity contribution is 7.92. The Bertz CT molecular complexity index is 1160. The summed E-state index contributed by atoms with van der Waals surface area (Å²) in [6.07, 6.45) is -3.65. The molecule has 0 aliphatic carbocycles. The lowest BCUT2D eigenvalue weighted by molar-refractivity contribution is -0.137. The van der Waals surface area contributed by atoms with Gasteiger partial charge in [-0.2, -0.15) is 13.2 Å². The van der Waals surface area contributed by atoms with E-state index < -0.39 is 34.2 Å². The molecule has 3 aromatic rings. The van der Waals surface area contributed by atoms with Gasteiger partial charge in [-0.05, 0) is 46.7 Å². The molecule has 0 aromatic heterocycles. The number of sulfonamides is 1. The average Bonchev–Trinajstić information content (AvgIpc) is 2.69. The van der Waals surface area contributed by atoms with Gasteiger partial charge in [0, 0.05) is 6.54 Å². The predicted octanol–water partition coefficient (Wildman–Crippen LogP) is 3.94. The summed E-state index contributed by atoms with van der Waals surface area (Å²) in [5, 5.41) is 4.71. The van der Waals surface area contributed by atoms with Crippen LogP contribution >= 0.6 is 0 Å². The largest absolute Gasteiger partial charge is 0.416 e. The van der Waals surface area contributed by atoms with E-state index in [1.807, 2.05) is 42.5 Å². The number of rotatable bonds is 6. The molecule has 9 heteroatoms. The third kappa shape index (κ3) is 5.29. The summed E-state index contributed by atoms with van der Waals surface area (Å²) in [6, 6.07) is 17.0. The number of alkyl halides is 3. The highest BCUT2D eigenvalue weighted by Gasteiger charge is 2.30. The van der Waals surface area contributed by atoms with Crippen LogP contribution in [0, 0.1) is 0 Å². The van der Waals surface area contributed by atoms with Crippen LogP contribution < -0.4 is 9.62 Å². The lowest BCUT2D eigenvalue weighted by Gasteiger charge is -2.22. The topological polar surface area (TPSA) is 66.5 Å². The molecule has 0 aliphatic rings. The lowest BCUT2D eigenvalue weighted by atomic mass is 10.1. The number of carbonyl (C=O) groups is 1. The highest BCUT2D eigenvalue weighted by Crippen LogP contribution is 2.31. The smallest absolute Gasteiger partial charge is 0.350 e. The molecular weight excluding hydrogens is 417 g/mol. The summed E-state index contributed by atoms with van der Waals surface area (Å²) in [4.78, 5) is 12.3. The number of benzene rings is 3. The van der Waals surface area contributed by atoms with Crippen molar-refractivity contribution in [1.82, 2.24) is 5.32 Å². The van der Waals surface area contributed by atoms with E-state index in [2.05, 4.69) is 5.32 Å². The van der Waals surface area contributed by atoms with Gasteiger partial charge in [-0.1, -0.05) is 36.4 Å². The van der Waals surface area contributed by atoms with Gasteiger partial charge < -0.3 is 5.32 Å². The maximum Gasteiger partial charge on any atom is 0.416 e. The number of amides is 1. The molecule has 0 bridgehead atoms. The van der Waals surface area contributed by atoms with Gasteiger partial charge in [0.1, 0.15) is 6.54 Å². The van der Waals surface area contributed by atoms with Gasteiger partial charge in [-0.15, -0.1) is 0 Å². The predicted molar refractivity (Wildman–Crippen MR) is 109 cm³/mol. The first-order valence-corrected chi connectivity index (χ1v) is 10.8. The number of anilines is 1. The summed E-state index contributed by atoms with van der Waals surface area (Å²) < 4.78 is 63.1. The fourth-order valence-corrected chi connectivity index (χ4v) is 3.81. The Balaban J connectivity index is 1.71. The van der Waals surface area contributed by atoms with Crippen LogP contribution in [-0.2, 0) is 27.5 Å². The number of hydrogen-bond acceptors (Lipinski definition) is 3. The van der Waals surface area contributed by atoms with Crippen molar-refractivity contribution in [1.29, 1.82) is 0 Å². The first-order chi connectivity index (χ1) is 14.0. The van der Waals surface area contributed by atoms with Gasteiger partial charge in [-0.25, -0.2) is 8.42 Å². The Morgan fingerprint density at radius 2 is 1.60 bits per heavy atom. The van der Waals surface area contributed by atoms with E-state index >= 15 is 0 Å². The quantitative estimate of drug-likeness (QED) is 0.637. The van der Waals surface area contributed by atoms with Crippen molar-refractivity contribution in [3.05, 3.63) is 77.9 Å². The van der Waals surface area contributed by atoms with Gasteiger partial charge >= 0.3 is 6.18 Å². The standard InChI is InChI=1S/C21H19F3N2O3S/c1-30(28,29)26(19-10-8-18(9-11-19)21(22,23)24)14-20(27)25-13-15-6-7-16-4-2-3-5-17(16)12-15/h2-12H,13-14H2,1H3,(H,25,27). The van der Waals surface area contributed by atoms with Crippen LogP contribution in [0.1, 0.15) is 11.1 Å². The van der Waals surface area contributed by atoms with Crippen molar-refractivity contribution in [3.8, 4) is 0 Å². The van der Waals surface area contributed by atoms with Crippen LogP contribution in [0.4, 0.5) is 18.9 Å².